The topological polar surface area (TPSA) is 138 Å². The fourth-order valence-corrected chi connectivity index (χ4v) is 5.64. The minimum Gasteiger partial charge on any atom is -0.502 e. The Morgan fingerprint density at radius 3 is 2.71 bits per heavy atom. The van der Waals surface area contributed by atoms with Crippen LogP contribution in [0.25, 0.3) is 21.8 Å². The summed E-state index contributed by atoms with van der Waals surface area (Å²) in [7, 11) is 2.98. The van der Waals surface area contributed by atoms with Crippen molar-refractivity contribution in [3.8, 4) is 11.5 Å². The van der Waals surface area contributed by atoms with Crippen LogP contribution in [-0.2, 0) is 29.1 Å². The molecule has 5 aromatic rings. The maximum Gasteiger partial charge on any atom is 0.252 e. The second-order valence-corrected chi connectivity index (χ2v) is 10.2. The van der Waals surface area contributed by atoms with Gasteiger partial charge in [0.1, 0.15) is 18.1 Å². The zero-order chi connectivity index (χ0) is 28.7. The average molecular weight is 556 g/mol. The lowest BCUT2D eigenvalue weighted by atomic mass is 9.91. The van der Waals surface area contributed by atoms with Gasteiger partial charge in [0, 0.05) is 54.4 Å². The van der Waals surface area contributed by atoms with Crippen molar-refractivity contribution in [2.75, 3.05) is 20.8 Å². The van der Waals surface area contributed by atoms with Gasteiger partial charge in [-0.25, -0.2) is 0 Å². The number of fused-ring (bicyclic) bond motifs is 4. The highest BCUT2D eigenvalue weighted by atomic mass is 16.5. The minimum atomic E-state index is -1.04. The zero-order valence-electron chi connectivity index (χ0n) is 22.7. The molecule has 210 valence electrons. The summed E-state index contributed by atoms with van der Waals surface area (Å²) < 4.78 is 16.3. The first kappa shape index (κ1) is 26.4. The predicted octanol–water partition coefficient (Wildman–Crippen LogP) is 3.93. The summed E-state index contributed by atoms with van der Waals surface area (Å²) in [6.07, 6.45) is 0.477. The van der Waals surface area contributed by atoms with E-state index in [-0.39, 0.29) is 36.0 Å². The first-order valence-electron chi connectivity index (χ1n) is 13.3. The number of rotatable bonds is 7. The van der Waals surface area contributed by atoms with E-state index in [1.165, 1.54) is 19.8 Å². The van der Waals surface area contributed by atoms with Crippen molar-refractivity contribution in [1.82, 2.24) is 14.9 Å². The number of hydrogen-bond acceptors (Lipinski definition) is 7. The van der Waals surface area contributed by atoms with Crippen LogP contribution < -0.4 is 15.7 Å². The number of para-hydroxylation sites is 1. The predicted molar refractivity (Wildman–Crippen MR) is 152 cm³/mol. The molecule has 0 fully saturated rings. The molecule has 0 radical (unpaired) electrons. The number of benzene rings is 2. The van der Waals surface area contributed by atoms with Gasteiger partial charge in [0.05, 0.1) is 25.1 Å². The van der Waals surface area contributed by atoms with E-state index in [4.69, 9.17) is 13.9 Å². The third kappa shape index (κ3) is 4.87. The quantitative estimate of drug-likeness (QED) is 0.277. The number of ether oxygens (including phenoxy) is 2. The number of H-pyrrole nitrogens is 2. The molecular formula is C31H29N3O7. The molecule has 41 heavy (non-hydrogen) atoms. The Labute approximate surface area is 234 Å². The number of amides is 1. The number of methoxy groups -OCH3 is 2. The SMILES string of the molecule is COCc1cc(=O)c(O)c(C(CC(=O)N2CCc3c([nH]c4ccccc34)C2)c2cc3ccc(OC)cc3[nH]c2=O)o1. The lowest BCUT2D eigenvalue weighted by Gasteiger charge is -2.29. The van der Waals surface area contributed by atoms with Crippen molar-refractivity contribution >= 4 is 27.7 Å². The van der Waals surface area contributed by atoms with Crippen molar-refractivity contribution in [2.24, 2.45) is 0 Å². The smallest absolute Gasteiger partial charge is 0.252 e. The Balaban J connectivity index is 1.41. The van der Waals surface area contributed by atoms with Crippen molar-refractivity contribution in [3.63, 3.8) is 0 Å². The van der Waals surface area contributed by atoms with Crippen molar-refractivity contribution < 1.29 is 23.8 Å². The third-order valence-corrected chi connectivity index (χ3v) is 7.67. The van der Waals surface area contributed by atoms with Gasteiger partial charge in [-0.3, -0.25) is 14.4 Å². The van der Waals surface area contributed by atoms with Crippen LogP contribution in [0.1, 0.15) is 40.7 Å². The molecular weight excluding hydrogens is 526 g/mol. The molecule has 2 aromatic carbocycles. The molecule has 3 N–H and O–H groups in total. The molecule has 0 bridgehead atoms. The summed E-state index contributed by atoms with van der Waals surface area (Å²) >= 11 is 0. The average Bonchev–Trinajstić information content (AvgIpc) is 3.35. The minimum absolute atomic E-state index is 0.0215. The molecule has 1 unspecified atom stereocenters. The molecule has 4 heterocycles. The number of aromatic hydroxyl groups is 1. The van der Waals surface area contributed by atoms with Gasteiger partial charge in [-0.05, 0) is 41.6 Å². The van der Waals surface area contributed by atoms with E-state index in [0.29, 0.717) is 36.2 Å². The van der Waals surface area contributed by atoms with Gasteiger partial charge in [-0.1, -0.05) is 18.2 Å². The molecule has 0 spiro atoms. The summed E-state index contributed by atoms with van der Waals surface area (Å²) in [5.74, 6) is -1.33. The highest BCUT2D eigenvalue weighted by Crippen LogP contribution is 2.35. The first-order valence-corrected chi connectivity index (χ1v) is 13.3. The molecule has 10 nitrogen and oxygen atoms in total. The third-order valence-electron chi connectivity index (χ3n) is 7.67. The first-order chi connectivity index (χ1) is 19.9. The van der Waals surface area contributed by atoms with E-state index in [1.807, 2.05) is 18.2 Å². The van der Waals surface area contributed by atoms with E-state index in [2.05, 4.69) is 16.0 Å². The van der Waals surface area contributed by atoms with Crippen LogP contribution in [0.5, 0.6) is 11.5 Å². The van der Waals surface area contributed by atoms with Crippen molar-refractivity contribution in [2.45, 2.75) is 31.9 Å². The second-order valence-electron chi connectivity index (χ2n) is 10.2. The van der Waals surface area contributed by atoms with Crippen molar-refractivity contribution in [3.05, 3.63) is 104 Å². The Morgan fingerprint density at radius 1 is 1.07 bits per heavy atom. The number of carbonyl (C=O) groups excluding carboxylic acids is 1. The van der Waals surface area contributed by atoms with Crippen molar-refractivity contribution in [1.29, 1.82) is 0 Å². The van der Waals surface area contributed by atoms with Gasteiger partial charge in [0.2, 0.25) is 17.1 Å². The molecule has 1 aliphatic rings. The molecule has 1 atom stereocenters. The van der Waals surface area contributed by atoms with E-state index in [0.717, 1.165) is 22.7 Å². The lowest BCUT2D eigenvalue weighted by molar-refractivity contribution is -0.132. The standard InChI is InChI=1S/C31H29N3O7/c1-39-16-19-13-27(35)29(37)30(41-19)22(23-11-17-7-8-18(40-2)12-25(17)33-31(23)38)14-28(36)34-10-9-21-20-5-3-4-6-24(20)32-26(21)15-34/h3-8,11-13,22,32,37H,9-10,14-16H2,1-2H3,(H,33,38). The van der Waals surface area contributed by atoms with Gasteiger partial charge in [-0.2, -0.15) is 0 Å². The maximum absolute atomic E-state index is 13.8. The van der Waals surface area contributed by atoms with Crippen LogP contribution in [0, 0.1) is 0 Å². The van der Waals surface area contributed by atoms with Crippen LogP contribution in [-0.4, -0.2) is 46.6 Å². The van der Waals surface area contributed by atoms with E-state index >= 15 is 0 Å². The Morgan fingerprint density at radius 2 is 1.90 bits per heavy atom. The molecule has 0 saturated carbocycles. The Bertz CT molecular complexity index is 1900. The number of carbonyl (C=O) groups is 1. The number of nitrogens with one attached hydrogen (secondary N) is 2. The van der Waals surface area contributed by atoms with E-state index in [9.17, 15) is 19.5 Å². The molecule has 3 aromatic heterocycles. The summed E-state index contributed by atoms with van der Waals surface area (Å²) in [5.41, 5.74) is 2.76. The molecule has 10 heteroatoms. The number of nitrogens with zero attached hydrogens (tertiary/aromatic N) is 1. The Hall–Kier alpha value is -4.83. The van der Waals surface area contributed by atoms with Crippen LogP contribution in [0.3, 0.4) is 0 Å². The molecule has 0 saturated heterocycles. The molecule has 1 aliphatic heterocycles. The highest BCUT2D eigenvalue weighted by molar-refractivity contribution is 5.86. The highest BCUT2D eigenvalue weighted by Gasteiger charge is 2.32. The largest absolute Gasteiger partial charge is 0.502 e. The van der Waals surface area contributed by atoms with Crippen LogP contribution in [0.15, 0.2) is 68.6 Å². The van der Waals surface area contributed by atoms with Gasteiger partial charge in [0.15, 0.2) is 5.76 Å². The Kier molecular flexibility index (Phi) is 6.84. The second kappa shape index (κ2) is 10.6. The number of pyridine rings is 1. The summed E-state index contributed by atoms with van der Waals surface area (Å²) in [5, 5.41) is 12.7. The molecule has 0 aliphatic carbocycles. The summed E-state index contributed by atoms with van der Waals surface area (Å²) in [4.78, 5) is 47.9. The van der Waals surface area contributed by atoms with Crippen LogP contribution in [0.4, 0.5) is 0 Å². The lowest BCUT2D eigenvalue weighted by Crippen LogP contribution is -2.37. The zero-order valence-corrected chi connectivity index (χ0v) is 22.7. The van der Waals surface area contributed by atoms with Gasteiger partial charge < -0.3 is 33.9 Å². The number of aromatic nitrogens is 2. The fourth-order valence-electron chi connectivity index (χ4n) is 5.64. The monoisotopic (exact) mass is 555 g/mol. The van der Waals surface area contributed by atoms with E-state index in [1.54, 1.807) is 29.2 Å². The molecule has 6 rings (SSSR count). The van der Waals surface area contributed by atoms with E-state index < -0.39 is 22.7 Å². The van der Waals surface area contributed by atoms with Crippen LogP contribution >= 0.6 is 0 Å². The fraction of sp³-hybridized carbons (Fsp3) is 0.258. The van der Waals surface area contributed by atoms with Gasteiger partial charge in [-0.15, -0.1) is 0 Å². The maximum atomic E-state index is 13.8. The van der Waals surface area contributed by atoms with Gasteiger partial charge >= 0.3 is 0 Å². The molecule has 1 amide bonds. The number of aromatic amines is 2. The van der Waals surface area contributed by atoms with Crippen LogP contribution in [0.2, 0.25) is 0 Å². The number of hydrogen-bond donors (Lipinski definition) is 3. The van der Waals surface area contributed by atoms with Gasteiger partial charge in [0.25, 0.3) is 5.56 Å². The summed E-state index contributed by atoms with van der Waals surface area (Å²) in [6, 6.07) is 16.1. The normalized spacial score (nSPS) is 13.9. The summed E-state index contributed by atoms with van der Waals surface area (Å²) in [6.45, 7) is 0.851.